The first kappa shape index (κ1) is 19.2. The van der Waals surface area contributed by atoms with Crippen LogP contribution < -0.4 is 10.2 Å². The monoisotopic (exact) mass is 416 g/mol. The largest absolute Gasteiger partial charge is 0.344 e. The number of hydrogen-bond donors (Lipinski definition) is 1. The molecule has 2 aliphatic rings. The quantitative estimate of drug-likeness (QED) is 0.825. The van der Waals surface area contributed by atoms with E-state index < -0.39 is 0 Å². The third-order valence-electron chi connectivity index (χ3n) is 4.96. The summed E-state index contributed by atoms with van der Waals surface area (Å²) in [5.74, 6) is 0.417. The van der Waals surface area contributed by atoms with Crippen LogP contribution in [0.4, 0.5) is 10.3 Å². The number of thiazole rings is 1. The van der Waals surface area contributed by atoms with Crippen molar-refractivity contribution in [1.29, 1.82) is 0 Å². The van der Waals surface area contributed by atoms with Crippen LogP contribution in [0.25, 0.3) is 6.08 Å². The molecule has 1 aliphatic carbocycles. The average molecular weight is 417 g/mol. The van der Waals surface area contributed by atoms with Gasteiger partial charge >= 0.3 is 0 Å². The minimum Gasteiger partial charge on any atom is -0.344 e. The van der Waals surface area contributed by atoms with E-state index in [0.29, 0.717) is 11.0 Å². The topological polar surface area (TPSA) is 74.2 Å². The third kappa shape index (κ3) is 4.48. The molecule has 0 bridgehead atoms. The number of fused-ring (bicyclic) bond motifs is 1. The van der Waals surface area contributed by atoms with E-state index in [1.807, 2.05) is 5.51 Å². The summed E-state index contributed by atoms with van der Waals surface area (Å²) in [5, 5.41) is 12.4. The summed E-state index contributed by atoms with van der Waals surface area (Å²) < 4.78 is 0. The van der Waals surface area contributed by atoms with Crippen LogP contribution in [-0.2, 0) is 4.79 Å². The third-order valence-corrected chi connectivity index (χ3v) is 6.94. The Balaban J connectivity index is 1.36. The number of nitrogens with zero attached hydrogens (tertiary/aromatic N) is 5. The van der Waals surface area contributed by atoms with Crippen molar-refractivity contribution in [3.8, 4) is 0 Å². The van der Waals surface area contributed by atoms with E-state index in [-0.39, 0.29) is 5.91 Å². The number of rotatable bonds is 4. The van der Waals surface area contributed by atoms with Crippen LogP contribution in [0.15, 0.2) is 23.2 Å². The SMILES string of the molecule is CC(=O)Nc1nnc(N2CCN(CC3=Cc4ncsc4C(C)CC=C3)CC2)s1. The van der Waals surface area contributed by atoms with E-state index >= 15 is 0 Å². The van der Waals surface area contributed by atoms with E-state index in [0.717, 1.165) is 50.0 Å². The highest BCUT2D eigenvalue weighted by Gasteiger charge is 2.21. The van der Waals surface area contributed by atoms with Crippen molar-refractivity contribution >= 4 is 44.9 Å². The van der Waals surface area contributed by atoms with Gasteiger partial charge in [-0.25, -0.2) is 4.98 Å². The van der Waals surface area contributed by atoms with Crippen molar-refractivity contribution in [2.45, 2.75) is 26.2 Å². The van der Waals surface area contributed by atoms with Gasteiger partial charge in [-0.3, -0.25) is 9.69 Å². The number of carbonyl (C=O) groups excluding carboxylic acids is 1. The first-order valence-corrected chi connectivity index (χ1v) is 11.2. The molecule has 28 heavy (non-hydrogen) atoms. The Bertz CT molecular complexity index is 894. The van der Waals surface area contributed by atoms with Gasteiger partial charge in [0, 0.05) is 44.5 Å². The van der Waals surface area contributed by atoms with Gasteiger partial charge < -0.3 is 10.2 Å². The van der Waals surface area contributed by atoms with E-state index in [1.54, 1.807) is 11.3 Å². The number of amides is 1. The molecule has 9 heteroatoms. The molecule has 0 saturated carbocycles. The van der Waals surface area contributed by atoms with Crippen molar-refractivity contribution in [1.82, 2.24) is 20.1 Å². The lowest BCUT2D eigenvalue weighted by Crippen LogP contribution is -2.46. The molecular weight excluding hydrogens is 392 g/mol. The molecule has 1 saturated heterocycles. The number of allylic oxidation sites excluding steroid dienone is 1. The molecule has 0 aromatic carbocycles. The molecule has 1 aliphatic heterocycles. The highest BCUT2D eigenvalue weighted by molar-refractivity contribution is 7.19. The Morgan fingerprint density at radius 2 is 2.11 bits per heavy atom. The van der Waals surface area contributed by atoms with Gasteiger partial charge in [0.05, 0.1) is 11.2 Å². The van der Waals surface area contributed by atoms with E-state index in [9.17, 15) is 4.79 Å². The fourth-order valence-corrected chi connectivity index (χ4v) is 5.18. The van der Waals surface area contributed by atoms with E-state index in [4.69, 9.17) is 0 Å². The normalized spacial score (nSPS) is 20.3. The molecule has 1 unspecified atom stereocenters. The number of hydrogen-bond acceptors (Lipinski definition) is 8. The van der Waals surface area contributed by atoms with Gasteiger partial charge in [0.1, 0.15) is 0 Å². The number of nitrogens with one attached hydrogen (secondary N) is 1. The second kappa shape index (κ2) is 8.50. The molecular formula is C19H24N6OS2. The zero-order valence-corrected chi connectivity index (χ0v) is 17.7. The molecule has 148 valence electrons. The number of piperazine rings is 1. The van der Waals surface area contributed by atoms with Gasteiger partial charge in [-0.15, -0.1) is 21.5 Å². The highest BCUT2D eigenvalue weighted by Crippen LogP contribution is 2.31. The van der Waals surface area contributed by atoms with Crippen molar-refractivity contribution in [3.63, 3.8) is 0 Å². The van der Waals surface area contributed by atoms with Crippen molar-refractivity contribution in [3.05, 3.63) is 33.8 Å². The summed E-state index contributed by atoms with van der Waals surface area (Å²) >= 11 is 3.19. The fraction of sp³-hybridized carbons (Fsp3) is 0.474. The van der Waals surface area contributed by atoms with E-state index in [2.05, 4.69) is 55.4 Å². The number of aromatic nitrogens is 3. The van der Waals surface area contributed by atoms with Crippen LogP contribution in [0.1, 0.15) is 36.8 Å². The molecule has 0 radical (unpaired) electrons. The van der Waals surface area contributed by atoms with Crippen molar-refractivity contribution in [2.75, 3.05) is 42.9 Å². The molecule has 2 aromatic heterocycles. The number of anilines is 2. The molecule has 1 atom stereocenters. The maximum Gasteiger partial charge on any atom is 0.223 e. The summed E-state index contributed by atoms with van der Waals surface area (Å²) in [6.07, 6.45) is 7.86. The van der Waals surface area contributed by atoms with Gasteiger partial charge in [-0.1, -0.05) is 30.4 Å². The van der Waals surface area contributed by atoms with Crippen LogP contribution in [0.5, 0.6) is 0 Å². The Morgan fingerprint density at radius 1 is 1.29 bits per heavy atom. The highest BCUT2D eigenvalue weighted by atomic mass is 32.1. The molecule has 1 amide bonds. The summed E-state index contributed by atoms with van der Waals surface area (Å²) in [6, 6.07) is 0. The Hall–Kier alpha value is -2.10. The lowest BCUT2D eigenvalue weighted by molar-refractivity contribution is -0.114. The first-order chi connectivity index (χ1) is 13.6. The van der Waals surface area contributed by atoms with Crippen LogP contribution in [0.3, 0.4) is 0 Å². The van der Waals surface area contributed by atoms with Gasteiger partial charge in [0.2, 0.25) is 16.2 Å². The molecule has 2 aromatic rings. The van der Waals surface area contributed by atoms with E-state index in [1.165, 1.54) is 28.7 Å². The summed E-state index contributed by atoms with van der Waals surface area (Å²) in [7, 11) is 0. The molecule has 7 nitrogen and oxygen atoms in total. The Morgan fingerprint density at radius 3 is 2.89 bits per heavy atom. The second-order valence-electron chi connectivity index (χ2n) is 7.19. The Kier molecular flexibility index (Phi) is 5.84. The van der Waals surface area contributed by atoms with Gasteiger partial charge in [0.25, 0.3) is 0 Å². The first-order valence-electron chi connectivity index (χ1n) is 9.47. The smallest absolute Gasteiger partial charge is 0.223 e. The summed E-state index contributed by atoms with van der Waals surface area (Å²) in [5.41, 5.74) is 4.41. The van der Waals surface area contributed by atoms with Crippen LogP contribution >= 0.6 is 22.7 Å². The van der Waals surface area contributed by atoms with Gasteiger partial charge in [0.15, 0.2) is 0 Å². The lowest BCUT2D eigenvalue weighted by Gasteiger charge is -2.34. The van der Waals surface area contributed by atoms with Crippen molar-refractivity contribution in [2.24, 2.45) is 0 Å². The molecule has 3 heterocycles. The van der Waals surface area contributed by atoms with Crippen LogP contribution in [-0.4, -0.2) is 58.7 Å². The van der Waals surface area contributed by atoms with Crippen molar-refractivity contribution < 1.29 is 4.79 Å². The van der Waals surface area contributed by atoms with Crippen LogP contribution in [0.2, 0.25) is 0 Å². The van der Waals surface area contributed by atoms with Gasteiger partial charge in [-0.2, -0.15) is 0 Å². The predicted molar refractivity (Wildman–Crippen MR) is 115 cm³/mol. The summed E-state index contributed by atoms with van der Waals surface area (Å²) in [4.78, 5) is 21.8. The minimum atomic E-state index is -0.120. The standard InChI is InChI=1S/C19H24N6OS2/c1-13-4-3-5-15(10-16-17(13)27-12-20-16)11-24-6-8-25(9-7-24)19-23-22-18(28-19)21-14(2)26/h3,5,10,12-13H,4,6-9,11H2,1-2H3,(H,21,22,26). The maximum absolute atomic E-state index is 11.1. The predicted octanol–water partition coefficient (Wildman–Crippen LogP) is 3.22. The molecule has 1 N–H and O–H groups in total. The summed E-state index contributed by atoms with van der Waals surface area (Å²) in [6.45, 7) is 8.44. The lowest BCUT2D eigenvalue weighted by atomic mass is 9.99. The zero-order valence-electron chi connectivity index (χ0n) is 16.1. The molecule has 0 spiro atoms. The molecule has 1 fully saturated rings. The van der Waals surface area contributed by atoms with Gasteiger partial charge in [-0.05, 0) is 24.0 Å². The second-order valence-corrected chi connectivity index (χ2v) is 9.04. The average Bonchev–Trinajstić information content (AvgIpc) is 3.30. The fourth-order valence-electron chi connectivity index (χ4n) is 3.49. The number of carbonyl (C=O) groups is 1. The minimum absolute atomic E-state index is 0.120. The zero-order chi connectivity index (χ0) is 19.5. The maximum atomic E-state index is 11.1. The van der Waals surface area contributed by atoms with Crippen LogP contribution in [0, 0.1) is 0 Å². The molecule has 4 rings (SSSR count). The Labute approximate surface area is 172 Å².